The van der Waals surface area contributed by atoms with E-state index in [1.165, 1.54) is 12.4 Å². The lowest BCUT2D eigenvalue weighted by atomic mass is 10.4. The molecule has 3 nitrogen and oxygen atoms in total. The molecule has 1 aromatic rings. The third-order valence-electron chi connectivity index (χ3n) is 1.20. The lowest BCUT2D eigenvalue weighted by Crippen LogP contribution is -2.20. The van der Waals surface area contributed by atoms with Gasteiger partial charge in [-0.25, -0.2) is 9.97 Å². The molecule has 0 atom stereocenters. The third kappa shape index (κ3) is 3.78. The maximum Gasteiger partial charge on any atom is 0.422 e. The molecule has 1 rings (SSSR count). The Hall–Kier alpha value is -1.04. The first-order valence-corrected chi connectivity index (χ1v) is 4.11. The summed E-state index contributed by atoms with van der Waals surface area (Å²) in [5, 5.41) is 0. The largest absolute Gasteiger partial charge is 0.454 e. The molecule has 0 radical (unpaired) electrons. The lowest BCUT2D eigenvalue weighted by Gasteiger charge is -2.06. The molecule has 0 aliphatic carbocycles. The average Bonchev–Trinajstić information content (AvgIpc) is 2.14. The van der Waals surface area contributed by atoms with Crippen LogP contribution in [0.15, 0.2) is 12.4 Å². The average molecular weight is 227 g/mol. The quantitative estimate of drug-likeness (QED) is 0.741. The highest BCUT2D eigenvalue weighted by molar-refractivity contribution is 6.17. The molecule has 0 aliphatic rings. The Morgan fingerprint density at radius 3 is 2.29 bits per heavy atom. The Morgan fingerprint density at radius 2 is 1.86 bits per heavy atom. The number of ether oxygens (including phenoxy) is 1. The maximum atomic E-state index is 11.7. The Bertz CT molecular complexity index is 288. The molecule has 0 N–H and O–H groups in total. The van der Waals surface area contributed by atoms with Crippen molar-refractivity contribution in [3.63, 3.8) is 0 Å². The summed E-state index contributed by atoms with van der Waals surface area (Å²) >= 11 is 5.43. The molecule has 78 valence electrons. The molecule has 0 aliphatic heterocycles. The van der Waals surface area contributed by atoms with E-state index in [0.717, 1.165) is 0 Å². The van der Waals surface area contributed by atoms with Crippen molar-refractivity contribution in [1.29, 1.82) is 0 Å². The van der Waals surface area contributed by atoms with Crippen molar-refractivity contribution in [3.8, 4) is 6.01 Å². The summed E-state index contributed by atoms with van der Waals surface area (Å²) in [6.07, 6.45) is -1.76. The van der Waals surface area contributed by atoms with E-state index in [-0.39, 0.29) is 11.9 Å². The van der Waals surface area contributed by atoms with Gasteiger partial charge in [-0.2, -0.15) is 13.2 Å². The van der Waals surface area contributed by atoms with Gasteiger partial charge in [0, 0.05) is 18.0 Å². The summed E-state index contributed by atoms with van der Waals surface area (Å²) in [6.45, 7) is -1.40. The minimum Gasteiger partial charge on any atom is -0.454 e. The van der Waals surface area contributed by atoms with E-state index in [1.807, 2.05) is 0 Å². The second kappa shape index (κ2) is 4.45. The van der Waals surface area contributed by atoms with Gasteiger partial charge in [-0.1, -0.05) is 0 Å². The summed E-state index contributed by atoms with van der Waals surface area (Å²) in [6, 6.07) is -0.309. The molecule has 1 heterocycles. The van der Waals surface area contributed by atoms with Crippen molar-refractivity contribution in [3.05, 3.63) is 18.0 Å². The fraction of sp³-hybridized carbons (Fsp3) is 0.429. The number of aromatic nitrogens is 2. The zero-order valence-corrected chi connectivity index (χ0v) is 7.64. The first-order valence-electron chi connectivity index (χ1n) is 3.58. The first kappa shape index (κ1) is 11.0. The number of rotatable bonds is 3. The Balaban J connectivity index is 2.52. The standard InChI is InChI=1S/C7H6ClF3N2O/c8-1-5-2-12-6(13-3-5)14-4-7(9,10)11/h2-3H,1,4H2. The summed E-state index contributed by atoms with van der Waals surface area (Å²) < 4.78 is 39.3. The number of hydrogen-bond acceptors (Lipinski definition) is 3. The minimum absolute atomic E-state index is 0.208. The van der Waals surface area contributed by atoms with Crippen LogP contribution in [0, 0.1) is 0 Å². The molecule has 14 heavy (non-hydrogen) atoms. The van der Waals surface area contributed by atoms with Crippen LogP contribution in [-0.2, 0) is 5.88 Å². The van der Waals surface area contributed by atoms with Crippen molar-refractivity contribution >= 4 is 11.6 Å². The summed E-state index contributed by atoms with van der Waals surface area (Å²) in [4.78, 5) is 7.07. The fourth-order valence-corrected chi connectivity index (χ4v) is 0.771. The van der Waals surface area contributed by atoms with Crippen LogP contribution in [-0.4, -0.2) is 22.8 Å². The molecule has 0 amide bonds. The van der Waals surface area contributed by atoms with E-state index in [1.54, 1.807) is 0 Å². The van der Waals surface area contributed by atoms with Crippen LogP contribution < -0.4 is 4.74 Å². The minimum atomic E-state index is -4.38. The van der Waals surface area contributed by atoms with Gasteiger partial charge in [0.25, 0.3) is 0 Å². The number of nitrogens with zero attached hydrogens (tertiary/aromatic N) is 2. The predicted octanol–water partition coefficient (Wildman–Crippen LogP) is 2.16. The van der Waals surface area contributed by atoms with Crippen molar-refractivity contribution < 1.29 is 17.9 Å². The van der Waals surface area contributed by atoms with E-state index in [9.17, 15) is 13.2 Å². The molecule has 0 aromatic carbocycles. The molecule has 0 saturated heterocycles. The van der Waals surface area contributed by atoms with Gasteiger partial charge in [-0.15, -0.1) is 11.6 Å². The van der Waals surface area contributed by atoms with Crippen LogP contribution in [0.3, 0.4) is 0 Å². The van der Waals surface area contributed by atoms with E-state index < -0.39 is 12.8 Å². The molecule has 7 heteroatoms. The Kier molecular flexibility index (Phi) is 3.51. The Morgan fingerprint density at radius 1 is 1.29 bits per heavy atom. The summed E-state index contributed by atoms with van der Waals surface area (Å²) in [7, 11) is 0. The molecule has 0 unspecified atom stereocenters. The lowest BCUT2D eigenvalue weighted by molar-refractivity contribution is -0.154. The van der Waals surface area contributed by atoms with Crippen molar-refractivity contribution in [2.45, 2.75) is 12.1 Å². The van der Waals surface area contributed by atoms with Gasteiger partial charge in [0.05, 0.1) is 5.88 Å². The van der Waals surface area contributed by atoms with E-state index in [0.29, 0.717) is 5.56 Å². The highest BCUT2D eigenvalue weighted by Gasteiger charge is 2.28. The molecule has 0 spiro atoms. The van der Waals surface area contributed by atoms with Crippen LogP contribution in [0.1, 0.15) is 5.56 Å². The van der Waals surface area contributed by atoms with E-state index in [4.69, 9.17) is 11.6 Å². The van der Waals surface area contributed by atoms with Gasteiger partial charge in [-0.3, -0.25) is 0 Å². The molecular weight excluding hydrogens is 221 g/mol. The van der Waals surface area contributed by atoms with Gasteiger partial charge in [0.2, 0.25) is 0 Å². The highest BCUT2D eigenvalue weighted by Crippen LogP contribution is 2.15. The maximum absolute atomic E-state index is 11.7. The third-order valence-corrected chi connectivity index (χ3v) is 1.51. The van der Waals surface area contributed by atoms with Gasteiger partial charge in [-0.05, 0) is 0 Å². The van der Waals surface area contributed by atoms with Gasteiger partial charge in [0.1, 0.15) is 0 Å². The second-order valence-corrected chi connectivity index (χ2v) is 2.68. The van der Waals surface area contributed by atoms with Crippen LogP contribution >= 0.6 is 11.6 Å². The Labute approximate surface area is 82.9 Å². The predicted molar refractivity (Wildman–Crippen MR) is 43.1 cm³/mol. The molecule has 1 aromatic heterocycles. The zero-order valence-electron chi connectivity index (χ0n) is 6.88. The van der Waals surface area contributed by atoms with Crippen molar-refractivity contribution in [2.75, 3.05) is 6.61 Å². The number of alkyl halides is 4. The van der Waals surface area contributed by atoms with Crippen LogP contribution in [0.2, 0.25) is 0 Å². The van der Waals surface area contributed by atoms with Crippen molar-refractivity contribution in [2.24, 2.45) is 0 Å². The molecule has 0 saturated carbocycles. The summed E-state index contributed by atoms with van der Waals surface area (Å²) in [5.74, 6) is 0.208. The smallest absolute Gasteiger partial charge is 0.422 e. The highest BCUT2D eigenvalue weighted by atomic mass is 35.5. The molecule has 0 bridgehead atoms. The SMILES string of the molecule is FC(F)(F)COc1ncc(CCl)cn1. The fourth-order valence-electron chi connectivity index (χ4n) is 0.633. The van der Waals surface area contributed by atoms with Crippen LogP contribution in [0.5, 0.6) is 6.01 Å². The monoisotopic (exact) mass is 226 g/mol. The second-order valence-electron chi connectivity index (χ2n) is 2.41. The van der Waals surface area contributed by atoms with Gasteiger partial charge >= 0.3 is 12.2 Å². The van der Waals surface area contributed by atoms with Crippen molar-refractivity contribution in [1.82, 2.24) is 9.97 Å². The molecule has 0 fully saturated rings. The van der Waals surface area contributed by atoms with E-state index >= 15 is 0 Å². The zero-order chi connectivity index (χ0) is 10.6. The van der Waals surface area contributed by atoms with Gasteiger partial charge in [0.15, 0.2) is 6.61 Å². The number of halogens is 4. The van der Waals surface area contributed by atoms with Crippen LogP contribution in [0.25, 0.3) is 0 Å². The molecular formula is C7H6ClF3N2O. The van der Waals surface area contributed by atoms with Gasteiger partial charge < -0.3 is 4.74 Å². The number of hydrogen-bond donors (Lipinski definition) is 0. The topological polar surface area (TPSA) is 35.0 Å². The van der Waals surface area contributed by atoms with Crippen LogP contribution in [0.4, 0.5) is 13.2 Å². The normalized spacial score (nSPS) is 11.4. The first-order chi connectivity index (χ1) is 6.51. The van der Waals surface area contributed by atoms with E-state index in [2.05, 4.69) is 14.7 Å². The summed E-state index contributed by atoms with van der Waals surface area (Å²) in [5.41, 5.74) is 0.617.